The van der Waals surface area contributed by atoms with Crippen LogP contribution in [-0.2, 0) is 0 Å². The SMILES string of the molecule is COc1cccc(NC2CCN(c3cc(Cl)nc(N)n3)CC2)c1. The predicted octanol–water partition coefficient (Wildman–Crippen LogP) is 2.80. The zero-order chi connectivity index (χ0) is 16.2. The van der Waals surface area contributed by atoms with Crippen molar-refractivity contribution >= 4 is 29.1 Å². The summed E-state index contributed by atoms with van der Waals surface area (Å²) in [7, 11) is 1.68. The molecule has 1 aliphatic heterocycles. The van der Waals surface area contributed by atoms with Gasteiger partial charge in [-0.05, 0) is 25.0 Å². The lowest BCUT2D eigenvalue weighted by Crippen LogP contribution is -2.39. The van der Waals surface area contributed by atoms with Crippen molar-refractivity contribution < 1.29 is 4.74 Å². The Labute approximate surface area is 140 Å². The van der Waals surface area contributed by atoms with Gasteiger partial charge in [0.05, 0.1) is 7.11 Å². The number of aromatic nitrogens is 2. The van der Waals surface area contributed by atoms with Gasteiger partial charge in [-0.1, -0.05) is 17.7 Å². The van der Waals surface area contributed by atoms with Gasteiger partial charge in [-0.2, -0.15) is 4.98 Å². The van der Waals surface area contributed by atoms with Gasteiger partial charge in [-0.15, -0.1) is 0 Å². The maximum Gasteiger partial charge on any atom is 0.223 e. The molecule has 0 aliphatic carbocycles. The molecule has 2 aromatic rings. The second kappa shape index (κ2) is 6.91. The summed E-state index contributed by atoms with van der Waals surface area (Å²) in [6.45, 7) is 1.79. The lowest BCUT2D eigenvalue weighted by molar-refractivity contribution is 0.415. The van der Waals surface area contributed by atoms with Gasteiger partial charge >= 0.3 is 0 Å². The lowest BCUT2D eigenvalue weighted by Gasteiger charge is -2.33. The van der Waals surface area contributed by atoms with E-state index in [1.54, 1.807) is 13.2 Å². The van der Waals surface area contributed by atoms with Crippen molar-refractivity contribution in [1.82, 2.24) is 9.97 Å². The minimum Gasteiger partial charge on any atom is -0.497 e. The van der Waals surface area contributed by atoms with Crippen molar-refractivity contribution in [3.05, 3.63) is 35.5 Å². The summed E-state index contributed by atoms with van der Waals surface area (Å²) in [5, 5.41) is 3.94. The Bertz CT molecular complexity index is 653. The quantitative estimate of drug-likeness (QED) is 0.838. The van der Waals surface area contributed by atoms with Crippen LogP contribution >= 0.6 is 11.6 Å². The summed E-state index contributed by atoms with van der Waals surface area (Å²) in [6.07, 6.45) is 2.03. The molecule has 1 saturated heterocycles. The Morgan fingerprint density at radius 2 is 2.04 bits per heavy atom. The van der Waals surface area contributed by atoms with Crippen molar-refractivity contribution in [3.8, 4) is 5.75 Å². The standard InChI is InChI=1S/C16H20ClN5O/c1-23-13-4-2-3-12(9-13)19-11-5-7-22(8-6-11)15-10-14(17)20-16(18)21-15/h2-4,9-11,19H,5-8H2,1H3,(H2,18,20,21). The number of anilines is 3. The maximum atomic E-state index is 5.95. The van der Waals surface area contributed by atoms with Crippen LogP contribution in [0.5, 0.6) is 5.75 Å². The van der Waals surface area contributed by atoms with E-state index < -0.39 is 0 Å². The number of benzene rings is 1. The van der Waals surface area contributed by atoms with Gasteiger partial charge in [-0.25, -0.2) is 4.98 Å². The largest absolute Gasteiger partial charge is 0.497 e. The van der Waals surface area contributed by atoms with E-state index in [1.807, 2.05) is 18.2 Å². The molecular weight excluding hydrogens is 314 g/mol. The highest BCUT2D eigenvalue weighted by atomic mass is 35.5. The fraction of sp³-hybridized carbons (Fsp3) is 0.375. The molecule has 1 fully saturated rings. The van der Waals surface area contributed by atoms with Crippen molar-refractivity contribution in [2.75, 3.05) is 36.1 Å². The van der Waals surface area contributed by atoms with E-state index >= 15 is 0 Å². The Hall–Kier alpha value is -2.21. The molecule has 1 aliphatic rings. The molecule has 6 nitrogen and oxygen atoms in total. The first-order valence-corrected chi connectivity index (χ1v) is 7.97. The van der Waals surface area contributed by atoms with Gasteiger partial charge < -0.3 is 20.7 Å². The van der Waals surface area contributed by atoms with Crippen LogP contribution < -0.4 is 20.7 Å². The number of nitrogens with zero attached hydrogens (tertiary/aromatic N) is 3. The Kier molecular flexibility index (Phi) is 4.71. The number of hydrogen-bond acceptors (Lipinski definition) is 6. The zero-order valence-corrected chi connectivity index (χ0v) is 13.8. The first-order chi connectivity index (χ1) is 11.1. The van der Waals surface area contributed by atoms with Crippen LogP contribution in [0.4, 0.5) is 17.5 Å². The van der Waals surface area contributed by atoms with Crippen molar-refractivity contribution in [2.24, 2.45) is 0 Å². The molecule has 0 unspecified atom stereocenters. The summed E-state index contributed by atoms with van der Waals surface area (Å²) in [5.41, 5.74) is 6.75. The lowest BCUT2D eigenvalue weighted by atomic mass is 10.0. The van der Waals surface area contributed by atoms with E-state index in [2.05, 4.69) is 26.3 Å². The summed E-state index contributed by atoms with van der Waals surface area (Å²) < 4.78 is 5.25. The number of methoxy groups -OCH3 is 1. The molecule has 3 rings (SSSR count). The second-order valence-electron chi connectivity index (χ2n) is 5.54. The highest BCUT2D eigenvalue weighted by Crippen LogP contribution is 2.24. The summed E-state index contributed by atoms with van der Waals surface area (Å²) in [6, 6.07) is 10.2. The second-order valence-corrected chi connectivity index (χ2v) is 5.93. The average Bonchev–Trinajstić information content (AvgIpc) is 2.55. The number of rotatable bonds is 4. The molecule has 23 heavy (non-hydrogen) atoms. The first kappa shape index (κ1) is 15.7. The number of piperidine rings is 1. The third kappa shape index (κ3) is 3.96. The fourth-order valence-corrected chi connectivity index (χ4v) is 2.97. The van der Waals surface area contributed by atoms with Gasteiger partial charge in [0, 0.05) is 37.0 Å². The molecule has 0 bridgehead atoms. The first-order valence-electron chi connectivity index (χ1n) is 7.59. The van der Waals surface area contributed by atoms with E-state index in [0.717, 1.165) is 43.2 Å². The molecule has 1 aromatic carbocycles. The molecule has 3 N–H and O–H groups in total. The summed E-state index contributed by atoms with van der Waals surface area (Å²) in [4.78, 5) is 10.3. The van der Waals surface area contributed by atoms with Crippen molar-refractivity contribution in [3.63, 3.8) is 0 Å². The number of ether oxygens (including phenoxy) is 1. The van der Waals surface area contributed by atoms with Crippen LogP contribution in [-0.4, -0.2) is 36.2 Å². The van der Waals surface area contributed by atoms with Gasteiger partial charge in [-0.3, -0.25) is 0 Å². The van der Waals surface area contributed by atoms with Crippen LogP contribution in [0, 0.1) is 0 Å². The van der Waals surface area contributed by atoms with Gasteiger partial charge in [0.1, 0.15) is 16.7 Å². The van der Waals surface area contributed by atoms with E-state index in [0.29, 0.717) is 11.2 Å². The predicted molar refractivity (Wildman–Crippen MR) is 93.3 cm³/mol. The molecule has 0 saturated carbocycles. The monoisotopic (exact) mass is 333 g/mol. The number of hydrogen-bond donors (Lipinski definition) is 2. The molecule has 2 heterocycles. The minimum atomic E-state index is 0.212. The topological polar surface area (TPSA) is 76.3 Å². The number of nitrogen functional groups attached to an aromatic ring is 1. The average molecular weight is 334 g/mol. The van der Waals surface area contributed by atoms with E-state index in [1.165, 1.54) is 0 Å². The smallest absolute Gasteiger partial charge is 0.223 e. The van der Waals surface area contributed by atoms with Crippen LogP contribution in [0.3, 0.4) is 0 Å². The van der Waals surface area contributed by atoms with E-state index in [9.17, 15) is 0 Å². The molecule has 0 amide bonds. The van der Waals surface area contributed by atoms with Crippen LogP contribution in [0.1, 0.15) is 12.8 Å². The highest BCUT2D eigenvalue weighted by molar-refractivity contribution is 6.29. The Morgan fingerprint density at radius 3 is 2.74 bits per heavy atom. The normalized spacial score (nSPS) is 15.5. The molecular formula is C16H20ClN5O. The van der Waals surface area contributed by atoms with Crippen LogP contribution in [0.25, 0.3) is 0 Å². The van der Waals surface area contributed by atoms with Gasteiger partial charge in [0.2, 0.25) is 5.95 Å². The third-order valence-electron chi connectivity index (χ3n) is 3.96. The number of nitrogens with two attached hydrogens (primary N) is 1. The molecule has 1 aromatic heterocycles. The van der Waals surface area contributed by atoms with E-state index in [-0.39, 0.29) is 5.95 Å². The highest BCUT2D eigenvalue weighted by Gasteiger charge is 2.20. The fourth-order valence-electron chi connectivity index (χ4n) is 2.79. The third-order valence-corrected chi connectivity index (χ3v) is 4.15. The van der Waals surface area contributed by atoms with Gasteiger partial charge in [0.25, 0.3) is 0 Å². The molecule has 7 heteroatoms. The zero-order valence-electron chi connectivity index (χ0n) is 13.0. The maximum absolute atomic E-state index is 5.95. The summed E-state index contributed by atoms with van der Waals surface area (Å²) >= 11 is 5.95. The minimum absolute atomic E-state index is 0.212. The molecule has 0 spiro atoms. The Balaban J connectivity index is 1.59. The van der Waals surface area contributed by atoms with Crippen molar-refractivity contribution in [2.45, 2.75) is 18.9 Å². The molecule has 0 atom stereocenters. The Morgan fingerprint density at radius 1 is 1.26 bits per heavy atom. The number of nitrogens with one attached hydrogen (secondary N) is 1. The van der Waals surface area contributed by atoms with E-state index in [4.69, 9.17) is 22.1 Å². The summed E-state index contributed by atoms with van der Waals surface area (Å²) in [5.74, 6) is 1.87. The number of halogens is 1. The molecule has 0 radical (unpaired) electrons. The van der Waals surface area contributed by atoms with Crippen LogP contribution in [0.2, 0.25) is 5.15 Å². The van der Waals surface area contributed by atoms with Crippen LogP contribution in [0.15, 0.2) is 30.3 Å². The van der Waals surface area contributed by atoms with Crippen molar-refractivity contribution in [1.29, 1.82) is 0 Å². The molecule has 122 valence electrons. The van der Waals surface area contributed by atoms with Gasteiger partial charge in [0.15, 0.2) is 0 Å².